The standard InChI is InChI=1S/C18H20N4OS/c1-12-6-7-14(9-15(12)18(23)22(2)3)19-10-13-11-20-21-17(13)16-5-4-8-24-16/h4-9,11,19H,10H2,1-3H3,(H,20,21). The summed E-state index contributed by atoms with van der Waals surface area (Å²) in [6.45, 7) is 2.59. The predicted octanol–water partition coefficient (Wildman–Crippen LogP) is 3.76. The lowest BCUT2D eigenvalue weighted by Gasteiger charge is -2.14. The van der Waals surface area contributed by atoms with Crippen molar-refractivity contribution in [3.63, 3.8) is 0 Å². The van der Waals surface area contributed by atoms with E-state index in [0.29, 0.717) is 6.54 Å². The molecule has 0 spiro atoms. The third-order valence-corrected chi connectivity index (χ3v) is 4.73. The summed E-state index contributed by atoms with van der Waals surface area (Å²) in [7, 11) is 3.53. The predicted molar refractivity (Wildman–Crippen MR) is 98.4 cm³/mol. The first-order valence-electron chi connectivity index (χ1n) is 7.68. The maximum Gasteiger partial charge on any atom is 0.253 e. The molecule has 2 aromatic heterocycles. The number of aromatic nitrogens is 2. The van der Waals surface area contributed by atoms with Gasteiger partial charge in [-0.15, -0.1) is 11.3 Å². The average molecular weight is 340 g/mol. The van der Waals surface area contributed by atoms with Gasteiger partial charge in [-0.3, -0.25) is 9.89 Å². The van der Waals surface area contributed by atoms with E-state index in [9.17, 15) is 4.79 Å². The second-order valence-corrected chi connectivity index (χ2v) is 6.78. The number of aromatic amines is 1. The van der Waals surface area contributed by atoms with Crippen LogP contribution < -0.4 is 5.32 Å². The van der Waals surface area contributed by atoms with Gasteiger partial charge in [-0.2, -0.15) is 5.10 Å². The zero-order chi connectivity index (χ0) is 17.1. The molecule has 2 N–H and O–H groups in total. The van der Waals surface area contributed by atoms with Crippen molar-refractivity contribution in [2.75, 3.05) is 19.4 Å². The van der Waals surface area contributed by atoms with Crippen LogP contribution >= 0.6 is 11.3 Å². The van der Waals surface area contributed by atoms with E-state index in [0.717, 1.165) is 32.9 Å². The van der Waals surface area contributed by atoms with Crippen molar-refractivity contribution in [1.82, 2.24) is 15.1 Å². The van der Waals surface area contributed by atoms with Gasteiger partial charge in [0.15, 0.2) is 0 Å². The van der Waals surface area contributed by atoms with Crippen LogP contribution in [0.1, 0.15) is 21.5 Å². The lowest BCUT2D eigenvalue weighted by molar-refractivity contribution is 0.0827. The maximum absolute atomic E-state index is 12.2. The fourth-order valence-corrected chi connectivity index (χ4v) is 3.24. The Bertz CT molecular complexity index is 837. The van der Waals surface area contributed by atoms with Crippen molar-refractivity contribution in [2.45, 2.75) is 13.5 Å². The van der Waals surface area contributed by atoms with Gasteiger partial charge in [-0.25, -0.2) is 0 Å². The molecule has 0 atom stereocenters. The monoisotopic (exact) mass is 340 g/mol. The van der Waals surface area contributed by atoms with Crippen LogP contribution in [0.5, 0.6) is 0 Å². The van der Waals surface area contributed by atoms with E-state index >= 15 is 0 Å². The smallest absolute Gasteiger partial charge is 0.253 e. The summed E-state index contributed by atoms with van der Waals surface area (Å²) in [6.07, 6.45) is 1.84. The number of amides is 1. The summed E-state index contributed by atoms with van der Waals surface area (Å²) in [4.78, 5) is 15.0. The summed E-state index contributed by atoms with van der Waals surface area (Å²) in [6, 6.07) is 9.96. The molecule has 24 heavy (non-hydrogen) atoms. The second-order valence-electron chi connectivity index (χ2n) is 5.83. The molecule has 5 nitrogen and oxygen atoms in total. The maximum atomic E-state index is 12.2. The zero-order valence-electron chi connectivity index (χ0n) is 14.0. The van der Waals surface area contributed by atoms with Crippen molar-refractivity contribution in [1.29, 1.82) is 0 Å². The van der Waals surface area contributed by atoms with E-state index in [4.69, 9.17) is 0 Å². The Kier molecular flexibility index (Phi) is 4.66. The lowest BCUT2D eigenvalue weighted by Crippen LogP contribution is -2.22. The Labute approximate surface area is 145 Å². The van der Waals surface area contributed by atoms with Crippen LogP contribution in [-0.2, 0) is 6.54 Å². The highest BCUT2D eigenvalue weighted by Gasteiger charge is 2.13. The zero-order valence-corrected chi connectivity index (χ0v) is 14.8. The largest absolute Gasteiger partial charge is 0.381 e. The number of anilines is 1. The molecule has 3 rings (SSSR count). The average Bonchev–Trinajstić information content (AvgIpc) is 3.24. The Hall–Kier alpha value is -2.60. The summed E-state index contributed by atoms with van der Waals surface area (Å²) in [5, 5.41) is 12.6. The first-order valence-corrected chi connectivity index (χ1v) is 8.56. The highest BCUT2D eigenvalue weighted by atomic mass is 32.1. The summed E-state index contributed by atoms with van der Waals surface area (Å²) < 4.78 is 0. The minimum Gasteiger partial charge on any atom is -0.381 e. The molecule has 0 aliphatic rings. The van der Waals surface area contributed by atoms with E-state index in [-0.39, 0.29) is 5.91 Å². The summed E-state index contributed by atoms with van der Waals surface area (Å²) in [5.74, 6) is 0.0127. The molecule has 1 amide bonds. The minimum absolute atomic E-state index is 0.0127. The Morgan fingerprint density at radius 3 is 2.88 bits per heavy atom. The van der Waals surface area contributed by atoms with Gasteiger partial charge in [0.2, 0.25) is 0 Å². The van der Waals surface area contributed by atoms with Gasteiger partial charge in [0, 0.05) is 37.5 Å². The summed E-state index contributed by atoms with van der Waals surface area (Å²) >= 11 is 1.68. The molecule has 0 unspecified atom stereocenters. The van der Waals surface area contributed by atoms with Crippen LogP contribution in [0.3, 0.4) is 0 Å². The number of carbonyl (C=O) groups excluding carboxylic acids is 1. The third-order valence-electron chi connectivity index (χ3n) is 3.84. The van der Waals surface area contributed by atoms with Gasteiger partial charge in [-0.1, -0.05) is 12.1 Å². The molecule has 0 aliphatic heterocycles. The van der Waals surface area contributed by atoms with Gasteiger partial charge in [0.05, 0.1) is 16.8 Å². The molecular formula is C18H20N4OS. The van der Waals surface area contributed by atoms with Gasteiger partial charge < -0.3 is 10.2 Å². The number of hydrogen-bond donors (Lipinski definition) is 2. The number of hydrogen-bond acceptors (Lipinski definition) is 4. The Morgan fingerprint density at radius 1 is 1.33 bits per heavy atom. The molecule has 0 aliphatic carbocycles. The van der Waals surface area contributed by atoms with Gasteiger partial charge in [-0.05, 0) is 36.1 Å². The molecule has 0 radical (unpaired) electrons. The summed E-state index contributed by atoms with van der Waals surface area (Å²) in [5.41, 5.74) is 4.74. The first-order chi connectivity index (χ1) is 11.6. The number of thiophene rings is 1. The molecule has 1 aromatic carbocycles. The van der Waals surface area contributed by atoms with E-state index in [1.54, 1.807) is 30.3 Å². The second kappa shape index (κ2) is 6.88. The van der Waals surface area contributed by atoms with E-state index in [1.165, 1.54) is 0 Å². The highest BCUT2D eigenvalue weighted by molar-refractivity contribution is 7.13. The molecule has 0 saturated heterocycles. The van der Waals surface area contributed by atoms with Crippen molar-refractivity contribution in [3.8, 4) is 10.6 Å². The SMILES string of the molecule is Cc1ccc(NCc2cn[nH]c2-c2cccs2)cc1C(=O)N(C)C. The van der Waals surface area contributed by atoms with Crippen molar-refractivity contribution in [2.24, 2.45) is 0 Å². The number of nitrogens with one attached hydrogen (secondary N) is 2. The number of benzene rings is 1. The molecule has 0 bridgehead atoms. The topological polar surface area (TPSA) is 61.0 Å². The minimum atomic E-state index is 0.0127. The Balaban J connectivity index is 1.78. The highest BCUT2D eigenvalue weighted by Crippen LogP contribution is 2.26. The van der Waals surface area contributed by atoms with Crippen LogP contribution in [0.2, 0.25) is 0 Å². The first kappa shape index (κ1) is 16.3. The molecule has 0 saturated carbocycles. The van der Waals surface area contributed by atoms with Crippen LogP contribution in [-0.4, -0.2) is 35.1 Å². The normalized spacial score (nSPS) is 10.6. The van der Waals surface area contributed by atoms with Gasteiger partial charge >= 0.3 is 0 Å². The number of aryl methyl sites for hydroxylation is 1. The number of rotatable bonds is 5. The number of carbonyl (C=O) groups is 1. The van der Waals surface area contributed by atoms with Crippen LogP contribution in [0, 0.1) is 6.92 Å². The number of H-pyrrole nitrogens is 1. The molecule has 2 heterocycles. The van der Waals surface area contributed by atoms with E-state index in [1.807, 2.05) is 42.8 Å². The third kappa shape index (κ3) is 3.33. The van der Waals surface area contributed by atoms with Gasteiger partial charge in [0.1, 0.15) is 0 Å². The van der Waals surface area contributed by atoms with Crippen LogP contribution in [0.4, 0.5) is 5.69 Å². The lowest BCUT2D eigenvalue weighted by atomic mass is 10.1. The molecular weight excluding hydrogens is 320 g/mol. The van der Waals surface area contributed by atoms with Crippen molar-refractivity contribution < 1.29 is 4.79 Å². The fourth-order valence-electron chi connectivity index (χ4n) is 2.48. The van der Waals surface area contributed by atoms with E-state index < -0.39 is 0 Å². The molecule has 3 aromatic rings. The van der Waals surface area contributed by atoms with Crippen LogP contribution in [0.25, 0.3) is 10.6 Å². The molecule has 124 valence electrons. The molecule has 0 fully saturated rings. The Morgan fingerprint density at radius 2 is 2.17 bits per heavy atom. The van der Waals surface area contributed by atoms with Crippen molar-refractivity contribution >= 4 is 22.9 Å². The van der Waals surface area contributed by atoms with Gasteiger partial charge in [0.25, 0.3) is 5.91 Å². The number of nitrogens with zero attached hydrogens (tertiary/aromatic N) is 2. The van der Waals surface area contributed by atoms with Crippen LogP contribution in [0.15, 0.2) is 41.9 Å². The molecule has 6 heteroatoms. The fraction of sp³-hybridized carbons (Fsp3) is 0.222. The van der Waals surface area contributed by atoms with Crippen molar-refractivity contribution in [3.05, 3.63) is 58.6 Å². The quantitative estimate of drug-likeness (QED) is 0.743. The van der Waals surface area contributed by atoms with E-state index in [2.05, 4.69) is 21.6 Å².